The first-order chi connectivity index (χ1) is 11.3. The van der Waals surface area contributed by atoms with E-state index in [2.05, 4.69) is 25.7 Å². The van der Waals surface area contributed by atoms with Crippen LogP contribution in [0, 0.1) is 0 Å². The Labute approximate surface area is 154 Å². The lowest BCUT2D eigenvalue weighted by atomic mass is 10.1. The maximum absolute atomic E-state index is 12.9. The average Bonchev–Trinajstić information content (AvgIpc) is 2.79. The average molecular weight is 365 g/mol. The zero-order chi connectivity index (χ0) is 17.9. The second-order valence-electron chi connectivity index (χ2n) is 6.15. The van der Waals surface area contributed by atoms with E-state index in [9.17, 15) is 4.79 Å². The highest BCUT2D eigenvalue weighted by Gasteiger charge is 2.24. The van der Waals surface area contributed by atoms with Crippen LogP contribution >= 0.6 is 23.4 Å². The molecule has 24 heavy (non-hydrogen) atoms. The van der Waals surface area contributed by atoms with Gasteiger partial charge in [-0.25, -0.2) is 0 Å². The van der Waals surface area contributed by atoms with Crippen molar-refractivity contribution < 1.29 is 4.79 Å². The molecule has 3 nitrogen and oxygen atoms in total. The van der Waals surface area contributed by atoms with E-state index in [4.69, 9.17) is 11.6 Å². The molecule has 2 rings (SSSR count). The van der Waals surface area contributed by atoms with Crippen molar-refractivity contribution in [3.63, 3.8) is 0 Å². The van der Waals surface area contributed by atoms with Gasteiger partial charge in [0.1, 0.15) is 0 Å². The lowest BCUT2D eigenvalue weighted by Gasteiger charge is -2.21. The number of hydrogen-bond acceptors (Lipinski definition) is 4. The molecule has 0 amide bonds. The van der Waals surface area contributed by atoms with Gasteiger partial charge in [0.05, 0.1) is 5.03 Å². The summed E-state index contributed by atoms with van der Waals surface area (Å²) in [5, 5.41) is 1.59. The van der Waals surface area contributed by atoms with Gasteiger partial charge in [-0.15, -0.1) is 0 Å². The number of rotatable bonds is 6. The second-order valence-corrected chi connectivity index (χ2v) is 7.82. The molecule has 0 N–H and O–H groups in total. The molecule has 1 aliphatic heterocycles. The number of unbranched alkanes of at least 4 members (excludes halogenated alkanes) is 1. The summed E-state index contributed by atoms with van der Waals surface area (Å²) in [6.45, 7) is 7.35. The second kappa shape index (κ2) is 8.13. The van der Waals surface area contributed by atoms with Gasteiger partial charge in [0.15, 0.2) is 5.78 Å². The Morgan fingerprint density at radius 3 is 2.67 bits per heavy atom. The van der Waals surface area contributed by atoms with Crippen molar-refractivity contribution in [1.29, 1.82) is 0 Å². The Morgan fingerprint density at radius 2 is 2.04 bits per heavy atom. The van der Waals surface area contributed by atoms with Crippen molar-refractivity contribution in [2.45, 2.75) is 33.6 Å². The zero-order valence-corrected chi connectivity index (χ0v) is 16.6. The van der Waals surface area contributed by atoms with Crippen LogP contribution in [0.2, 0.25) is 5.02 Å². The van der Waals surface area contributed by atoms with Gasteiger partial charge in [0.2, 0.25) is 0 Å². The summed E-state index contributed by atoms with van der Waals surface area (Å²) in [6.07, 6.45) is 3.99. The maximum atomic E-state index is 12.9. The van der Waals surface area contributed by atoms with Crippen molar-refractivity contribution in [2.75, 3.05) is 25.5 Å². The summed E-state index contributed by atoms with van der Waals surface area (Å²) >= 11 is 7.78. The highest BCUT2D eigenvalue weighted by molar-refractivity contribution is 8.06. The summed E-state index contributed by atoms with van der Waals surface area (Å²) in [4.78, 5) is 18.3. The van der Waals surface area contributed by atoms with Gasteiger partial charge in [0.25, 0.3) is 0 Å². The predicted molar refractivity (Wildman–Crippen MR) is 106 cm³/mol. The van der Waals surface area contributed by atoms with Gasteiger partial charge in [-0.3, -0.25) is 4.79 Å². The van der Waals surface area contributed by atoms with Crippen molar-refractivity contribution in [2.24, 2.45) is 0 Å². The van der Waals surface area contributed by atoms with Crippen molar-refractivity contribution in [1.82, 2.24) is 4.90 Å². The molecule has 5 heteroatoms. The van der Waals surface area contributed by atoms with Crippen molar-refractivity contribution >= 4 is 34.8 Å². The number of anilines is 1. The third kappa shape index (κ3) is 4.17. The normalized spacial score (nSPS) is 16.2. The molecule has 0 radical (unpaired) electrons. The zero-order valence-electron chi connectivity index (χ0n) is 15.0. The van der Waals surface area contributed by atoms with E-state index in [1.807, 2.05) is 31.1 Å². The third-order valence-corrected chi connectivity index (χ3v) is 5.52. The molecule has 0 saturated heterocycles. The van der Waals surface area contributed by atoms with Crippen LogP contribution in [0.1, 0.15) is 44.0 Å². The number of allylic oxidation sites excluding steroid dienone is 3. The molecule has 0 aliphatic carbocycles. The number of halogens is 1. The van der Waals surface area contributed by atoms with Gasteiger partial charge in [0, 0.05) is 53.6 Å². The van der Waals surface area contributed by atoms with Crippen LogP contribution in [0.25, 0.3) is 0 Å². The van der Waals surface area contributed by atoms with E-state index in [0.717, 1.165) is 30.1 Å². The molecule has 0 saturated carbocycles. The Kier molecular flexibility index (Phi) is 6.41. The van der Waals surface area contributed by atoms with Crippen LogP contribution in [0.5, 0.6) is 0 Å². The molecule has 1 aliphatic rings. The lowest BCUT2D eigenvalue weighted by molar-refractivity contribution is 0.104. The lowest BCUT2D eigenvalue weighted by Crippen LogP contribution is -2.19. The molecule has 1 aromatic rings. The van der Waals surface area contributed by atoms with E-state index in [1.54, 1.807) is 23.9 Å². The van der Waals surface area contributed by atoms with E-state index >= 15 is 0 Å². The highest BCUT2D eigenvalue weighted by atomic mass is 35.5. The van der Waals surface area contributed by atoms with Crippen LogP contribution in [0.4, 0.5) is 5.69 Å². The molecule has 0 atom stereocenters. The molecule has 0 fully saturated rings. The Hall–Kier alpha value is -1.39. The van der Waals surface area contributed by atoms with E-state index in [-0.39, 0.29) is 5.78 Å². The summed E-state index contributed by atoms with van der Waals surface area (Å²) < 4.78 is 0. The summed E-state index contributed by atoms with van der Waals surface area (Å²) in [5.41, 5.74) is 2.76. The van der Waals surface area contributed by atoms with Gasteiger partial charge in [-0.2, -0.15) is 0 Å². The fourth-order valence-electron chi connectivity index (χ4n) is 2.63. The smallest absolute Gasteiger partial charge is 0.190 e. The van der Waals surface area contributed by atoms with Gasteiger partial charge in [-0.1, -0.05) is 36.7 Å². The molecule has 1 heterocycles. The first kappa shape index (κ1) is 18.9. The Morgan fingerprint density at radius 1 is 1.33 bits per heavy atom. The molecular formula is C19H25ClN2OS. The molecular weight excluding hydrogens is 340 g/mol. The SMILES string of the molecule is CCCCN1C(=CC(=O)c2cc(Cl)ccc2N(C)C)SC(C)=C1C. The van der Waals surface area contributed by atoms with Gasteiger partial charge >= 0.3 is 0 Å². The summed E-state index contributed by atoms with van der Waals surface area (Å²) in [7, 11) is 3.86. The first-order valence-electron chi connectivity index (χ1n) is 8.21. The van der Waals surface area contributed by atoms with Gasteiger partial charge in [-0.05, 0) is 38.5 Å². The topological polar surface area (TPSA) is 23.6 Å². The summed E-state index contributed by atoms with van der Waals surface area (Å²) in [5.74, 6) is -0.00676. The largest absolute Gasteiger partial charge is 0.377 e. The maximum Gasteiger partial charge on any atom is 0.190 e. The molecule has 0 aromatic heterocycles. The minimum Gasteiger partial charge on any atom is -0.377 e. The molecule has 0 bridgehead atoms. The van der Waals surface area contributed by atoms with Crippen LogP contribution in [-0.2, 0) is 0 Å². The number of ketones is 1. The molecule has 1 aromatic carbocycles. The van der Waals surface area contributed by atoms with Crippen molar-refractivity contribution in [3.8, 4) is 0 Å². The Bertz CT molecular complexity index is 695. The van der Waals surface area contributed by atoms with Crippen LogP contribution in [-0.4, -0.2) is 31.3 Å². The van der Waals surface area contributed by atoms with E-state index in [1.165, 1.54) is 10.6 Å². The monoisotopic (exact) mass is 364 g/mol. The van der Waals surface area contributed by atoms with Crippen LogP contribution in [0.3, 0.4) is 0 Å². The van der Waals surface area contributed by atoms with E-state index < -0.39 is 0 Å². The fourth-order valence-corrected chi connectivity index (χ4v) is 3.88. The quantitative estimate of drug-likeness (QED) is 0.489. The predicted octanol–water partition coefficient (Wildman–Crippen LogP) is 5.53. The number of carbonyl (C=O) groups is 1. The molecule has 0 unspecified atom stereocenters. The minimum absolute atomic E-state index is 0.00676. The number of hydrogen-bond donors (Lipinski definition) is 0. The van der Waals surface area contributed by atoms with Crippen molar-refractivity contribution in [3.05, 3.63) is 50.5 Å². The Balaban J connectivity index is 2.34. The number of nitrogens with zero attached hydrogens (tertiary/aromatic N) is 2. The highest BCUT2D eigenvalue weighted by Crippen LogP contribution is 2.41. The van der Waals surface area contributed by atoms with Gasteiger partial charge < -0.3 is 9.80 Å². The number of thioether (sulfide) groups is 1. The number of benzene rings is 1. The standard InChI is InChI=1S/C19H25ClN2OS/c1-6-7-10-22-13(2)14(3)24-19(22)12-18(23)16-11-15(20)8-9-17(16)21(4)5/h8-9,11-12H,6-7,10H2,1-5H3. The van der Waals surface area contributed by atoms with Crippen LogP contribution < -0.4 is 4.90 Å². The minimum atomic E-state index is -0.00676. The molecule has 130 valence electrons. The van der Waals surface area contributed by atoms with E-state index in [0.29, 0.717) is 10.6 Å². The fraction of sp³-hybridized carbons (Fsp3) is 0.421. The summed E-state index contributed by atoms with van der Waals surface area (Å²) in [6, 6.07) is 5.45. The molecule has 0 spiro atoms. The first-order valence-corrected chi connectivity index (χ1v) is 9.40. The third-order valence-electron chi connectivity index (χ3n) is 4.13. The number of carbonyl (C=O) groups excluding carboxylic acids is 1. The van der Waals surface area contributed by atoms with Crippen LogP contribution in [0.15, 0.2) is 39.9 Å².